The molecule has 1 aromatic heterocycles. The molecule has 0 aliphatic carbocycles. The first-order valence-corrected chi connectivity index (χ1v) is 4.69. The van der Waals surface area contributed by atoms with Crippen molar-refractivity contribution in [3.63, 3.8) is 0 Å². The molecule has 0 aliphatic heterocycles. The van der Waals surface area contributed by atoms with Gasteiger partial charge in [-0.3, -0.25) is 0 Å². The fraction of sp³-hybridized carbons (Fsp3) is 0.700. The molecule has 0 spiro atoms. The van der Waals surface area contributed by atoms with Gasteiger partial charge < -0.3 is 10.3 Å². The molecule has 0 aliphatic rings. The van der Waals surface area contributed by atoms with Gasteiger partial charge in [0.15, 0.2) is 0 Å². The second-order valence-corrected chi connectivity index (χ2v) is 4.51. The highest BCUT2D eigenvalue weighted by Gasteiger charge is 2.14. The molecule has 0 saturated heterocycles. The minimum Gasteiger partial charge on any atom is -0.332 e. The van der Waals surface area contributed by atoms with Gasteiger partial charge in [0, 0.05) is 24.2 Å². The van der Waals surface area contributed by atoms with Crippen molar-refractivity contribution in [2.45, 2.75) is 39.2 Å². The predicted octanol–water partition coefficient (Wildman–Crippen LogP) is 1.70. The highest BCUT2D eigenvalue weighted by Crippen LogP contribution is 2.17. The molecule has 0 aromatic carbocycles. The van der Waals surface area contributed by atoms with Gasteiger partial charge in [-0.05, 0) is 20.8 Å². The van der Waals surface area contributed by atoms with Crippen LogP contribution in [0.5, 0.6) is 0 Å². The van der Waals surface area contributed by atoms with Crippen molar-refractivity contribution in [3.05, 3.63) is 18.2 Å². The average molecular weight is 181 g/mol. The Morgan fingerprint density at radius 3 is 2.54 bits per heavy atom. The van der Waals surface area contributed by atoms with E-state index in [0.29, 0.717) is 12.5 Å². The molecule has 0 amide bonds. The van der Waals surface area contributed by atoms with Gasteiger partial charge in [-0.2, -0.15) is 0 Å². The van der Waals surface area contributed by atoms with Crippen LogP contribution in [0.4, 0.5) is 0 Å². The highest BCUT2D eigenvalue weighted by atomic mass is 15.1. The maximum absolute atomic E-state index is 5.57. The maximum atomic E-state index is 5.57. The van der Waals surface area contributed by atoms with E-state index in [9.17, 15) is 0 Å². The molecule has 0 bridgehead atoms. The van der Waals surface area contributed by atoms with Crippen LogP contribution in [0.1, 0.15) is 39.3 Å². The lowest BCUT2D eigenvalue weighted by Crippen LogP contribution is -2.19. The van der Waals surface area contributed by atoms with Crippen LogP contribution < -0.4 is 5.73 Å². The van der Waals surface area contributed by atoms with Gasteiger partial charge in [0.1, 0.15) is 0 Å². The van der Waals surface area contributed by atoms with E-state index >= 15 is 0 Å². The lowest BCUT2D eigenvalue weighted by Gasteiger charge is -2.20. The smallest absolute Gasteiger partial charge is 0.0954 e. The molecule has 1 rings (SSSR count). The molecule has 74 valence electrons. The van der Waals surface area contributed by atoms with Crippen molar-refractivity contribution in [1.29, 1.82) is 0 Å². The second kappa shape index (κ2) is 3.50. The summed E-state index contributed by atoms with van der Waals surface area (Å²) in [6.07, 6.45) is 3.96. The van der Waals surface area contributed by atoms with E-state index in [1.807, 2.05) is 6.33 Å². The Labute approximate surface area is 80.0 Å². The number of nitrogens with two attached hydrogens (primary N) is 1. The topological polar surface area (TPSA) is 43.8 Å². The Bertz CT molecular complexity index is 270. The number of rotatable bonds is 2. The van der Waals surface area contributed by atoms with Crippen LogP contribution in [0.3, 0.4) is 0 Å². The third-order valence-corrected chi connectivity index (χ3v) is 2.24. The molecule has 1 unspecified atom stereocenters. The molecule has 1 atom stereocenters. The van der Waals surface area contributed by atoms with Crippen LogP contribution in [-0.4, -0.2) is 16.1 Å². The number of aromatic nitrogens is 2. The van der Waals surface area contributed by atoms with E-state index in [1.165, 1.54) is 0 Å². The molecular formula is C10H19N3. The molecule has 2 N–H and O–H groups in total. The van der Waals surface area contributed by atoms with Crippen LogP contribution in [0.25, 0.3) is 0 Å². The highest BCUT2D eigenvalue weighted by molar-refractivity contribution is 5.05. The third kappa shape index (κ3) is 2.31. The lowest BCUT2D eigenvalue weighted by molar-refractivity contribution is 0.396. The molecule has 3 nitrogen and oxygen atoms in total. The number of hydrogen-bond acceptors (Lipinski definition) is 2. The lowest BCUT2D eigenvalue weighted by atomic mass is 10.1. The summed E-state index contributed by atoms with van der Waals surface area (Å²) in [5.74, 6) is 0.351. The van der Waals surface area contributed by atoms with Crippen molar-refractivity contribution in [1.82, 2.24) is 9.55 Å². The second-order valence-electron chi connectivity index (χ2n) is 4.51. The average Bonchev–Trinajstić information content (AvgIpc) is 2.50. The Morgan fingerprint density at radius 1 is 1.54 bits per heavy atom. The van der Waals surface area contributed by atoms with E-state index < -0.39 is 0 Å². The summed E-state index contributed by atoms with van der Waals surface area (Å²) in [6, 6.07) is 0. The monoisotopic (exact) mass is 181 g/mol. The van der Waals surface area contributed by atoms with Crippen molar-refractivity contribution >= 4 is 0 Å². The summed E-state index contributed by atoms with van der Waals surface area (Å²) in [5.41, 5.74) is 6.76. The van der Waals surface area contributed by atoms with Gasteiger partial charge in [0.2, 0.25) is 0 Å². The van der Waals surface area contributed by atoms with E-state index in [0.717, 1.165) is 5.69 Å². The van der Waals surface area contributed by atoms with Gasteiger partial charge >= 0.3 is 0 Å². The molecule has 1 aromatic rings. The van der Waals surface area contributed by atoms with Gasteiger partial charge in [-0.1, -0.05) is 6.92 Å². The van der Waals surface area contributed by atoms with Crippen molar-refractivity contribution in [3.8, 4) is 0 Å². The summed E-state index contributed by atoms with van der Waals surface area (Å²) < 4.78 is 2.12. The first-order valence-electron chi connectivity index (χ1n) is 4.69. The summed E-state index contributed by atoms with van der Waals surface area (Å²) in [5, 5.41) is 0. The van der Waals surface area contributed by atoms with Gasteiger partial charge in [-0.25, -0.2) is 4.98 Å². The van der Waals surface area contributed by atoms with Crippen LogP contribution in [0.15, 0.2) is 12.5 Å². The zero-order chi connectivity index (χ0) is 10.1. The third-order valence-electron chi connectivity index (χ3n) is 2.24. The summed E-state index contributed by atoms with van der Waals surface area (Å²) >= 11 is 0. The predicted molar refractivity (Wildman–Crippen MR) is 54.7 cm³/mol. The van der Waals surface area contributed by atoms with Gasteiger partial charge in [-0.15, -0.1) is 0 Å². The van der Waals surface area contributed by atoms with Crippen molar-refractivity contribution < 1.29 is 0 Å². The zero-order valence-corrected chi connectivity index (χ0v) is 8.91. The molecule has 1 heterocycles. The molecule has 13 heavy (non-hydrogen) atoms. The van der Waals surface area contributed by atoms with Crippen LogP contribution in [0, 0.1) is 0 Å². The Kier molecular flexibility index (Phi) is 2.76. The first kappa shape index (κ1) is 10.3. The SMILES string of the molecule is CC(CN)c1cn(C(C)(C)C)cn1. The van der Waals surface area contributed by atoms with Crippen LogP contribution >= 0.6 is 0 Å². The van der Waals surface area contributed by atoms with Crippen LogP contribution in [-0.2, 0) is 5.54 Å². The number of nitrogens with zero attached hydrogens (tertiary/aromatic N) is 2. The van der Waals surface area contributed by atoms with E-state index in [1.54, 1.807) is 0 Å². The van der Waals surface area contributed by atoms with E-state index in [4.69, 9.17) is 5.73 Å². The zero-order valence-electron chi connectivity index (χ0n) is 8.91. The first-order chi connectivity index (χ1) is 5.95. The fourth-order valence-corrected chi connectivity index (χ4v) is 1.08. The Balaban J connectivity index is 2.87. The van der Waals surface area contributed by atoms with Gasteiger partial charge in [0.05, 0.1) is 12.0 Å². The van der Waals surface area contributed by atoms with Crippen LogP contribution in [0.2, 0.25) is 0 Å². The fourth-order valence-electron chi connectivity index (χ4n) is 1.08. The number of imidazole rings is 1. The molecular weight excluding hydrogens is 162 g/mol. The minimum atomic E-state index is 0.111. The number of hydrogen-bond donors (Lipinski definition) is 1. The summed E-state index contributed by atoms with van der Waals surface area (Å²) in [4.78, 5) is 4.34. The Morgan fingerprint density at radius 2 is 2.15 bits per heavy atom. The van der Waals surface area contributed by atoms with E-state index in [-0.39, 0.29) is 5.54 Å². The Hall–Kier alpha value is -0.830. The van der Waals surface area contributed by atoms with Crippen molar-refractivity contribution in [2.24, 2.45) is 5.73 Å². The van der Waals surface area contributed by atoms with E-state index in [2.05, 4.69) is 43.4 Å². The van der Waals surface area contributed by atoms with Crippen molar-refractivity contribution in [2.75, 3.05) is 6.54 Å². The molecule has 0 fully saturated rings. The normalized spacial score (nSPS) is 14.5. The summed E-state index contributed by atoms with van der Waals surface area (Å²) in [7, 11) is 0. The molecule has 0 radical (unpaired) electrons. The molecule has 0 saturated carbocycles. The quantitative estimate of drug-likeness (QED) is 0.754. The summed E-state index contributed by atoms with van der Waals surface area (Å²) in [6.45, 7) is 9.22. The van der Waals surface area contributed by atoms with Gasteiger partial charge in [0.25, 0.3) is 0 Å². The standard InChI is InChI=1S/C10H19N3/c1-8(5-11)9-6-13(7-12-9)10(2,3)4/h6-8H,5,11H2,1-4H3. The molecule has 3 heteroatoms. The largest absolute Gasteiger partial charge is 0.332 e. The minimum absolute atomic E-state index is 0.111. The maximum Gasteiger partial charge on any atom is 0.0954 e.